The molecule has 1 N–H and O–H groups in total. The summed E-state index contributed by atoms with van der Waals surface area (Å²) >= 11 is 1.39. The van der Waals surface area contributed by atoms with E-state index >= 15 is 0 Å². The van der Waals surface area contributed by atoms with E-state index in [1.165, 1.54) is 36.7 Å². The van der Waals surface area contributed by atoms with Gasteiger partial charge in [0.2, 0.25) is 5.91 Å². The van der Waals surface area contributed by atoms with Crippen molar-refractivity contribution >= 4 is 34.4 Å². The second-order valence-corrected chi connectivity index (χ2v) is 5.44. The highest BCUT2D eigenvalue weighted by Crippen LogP contribution is 2.18. The number of ether oxygens (including phenoxy) is 1. The summed E-state index contributed by atoms with van der Waals surface area (Å²) < 4.78 is 9.99. The van der Waals surface area contributed by atoms with Crippen molar-refractivity contribution in [2.24, 2.45) is 0 Å². The third-order valence-electron chi connectivity index (χ3n) is 2.59. The van der Waals surface area contributed by atoms with E-state index in [1.54, 1.807) is 13.1 Å². The first-order valence-electron chi connectivity index (χ1n) is 6.10. The van der Waals surface area contributed by atoms with Crippen LogP contribution in [0.4, 0.5) is 5.13 Å². The Labute approximate surface area is 125 Å². The van der Waals surface area contributed by atoms with Gasteiger partial charge < -0.3 is 9.15 Å². The average molecular weight is 306 g/mol. The quantitative estimate of drug-likeness (QED) is 0.694. The molecule has 0 aliphatic carbocycles. The van der Waals surface area contributed by atoms with Crippen molar-refractivity contribution in [1.82, 2.24) is 4.98 Å². The van der Waals surface area contributed by atoms with E-state index in [1.807, 2.05) is 6.92 Å². The minimum absolute atomic E-state index is 0.321. The summed E-state index contributed by atoms with van der Waals surface area (Å²) in [5.41, 5.74) is 0.341. The number of amides is 1. The molecule has 1 amide bonds. The van der Waals surface area contributed by atoms with Crippen LogP contribution in [-0.2, 0) is 9.53 Å². The van der Waals surface area contributed by atoms with Crippen LogP contribution in [0.1, 0.15) is 26.8 Å². The number of rotatable bonds is 4. The van der Waals surface area contributed by atoms with Crippen LogP contribution in [0.3, 0.4) is 0 Å². The zero-order valence-electron chi connectivity index (χ0n) is 11.8. The molecule has 2 aromatic heterocycles. The molecule has 0 radical (unpaired) electrons. The number of aryl methyl sites for hydroxylation is 2. The van der Waals surface area contributed by atoms with Crippen LogP contribution in [0.15, 0.2) is 22.8 Å². The number of furan rings is 1. The molecule has 21 heavy (non-hydrogen) atoms. The fraction of sp³-hybridized carbons (Fsp3) is 0.214. The van der Waals surface area contributed by atoms with E-state index in [2.05, 4.69) is 15.0 Å². The van der Waals surface area contributed by atoms with Gasteiger partial charge in [-0.15, -0.1) is 11.3 Å². The van der Waals surface area contributed by atoms with E-state index in [9.17, 15) is 9.59 Å². The molecule has 2 heterocycles. The van der Waals surface area contributed by atoms with Gasteiger partial charge in [0.15, 0.2) is 5.13 Å². The van der Waals surface area contributed by atoms with Crippen molar-refractivity contribution in [3.05, 3.63) is 40.3 Å². The first-order chi connectivity index (χ1) is 9.99. The molecule has 6 nitrogen and oxygen atoms in total. The summed E-state index contributed by atoms with van der Waals surface area (Å²) in [6.45, 7) is 3.56. The van der Waals surface area contributed by atoms with Crippen molar-refractivity contribution in [1.29, 1.82) is 0 Å². The molecule has 2 rings (SSSR count). The molecule has 0 saturated carbocycles. The number of nitrogens with zero attached hydrogens (tertiary/aromatic N) is 1. The van der Waals surface area contributed by atoms with E-state index < -0.39 is 5.97 Å². The number of hydrogen-bond donors (Lipinski definition) is 1. The van der Waals surface area contributed by atoms with Gasteiger partial charge in [0.25, 0.3) is 0 Å². The van der Waals surface area contributed by atoms with Gasteiger partial charge >= 0.3 is 5.97 Å². The van der Waals surface area contributed by atoms with E-state index in [0.29, 0.717) is 22.2 Å². The van der Waals surface area contributed by atoms with Crippen molar-refractivity contribution in [2.45, 2.75) is 13.8 Å². The second-order valence-electron chi connectivity index (χ2n) is 4.21. The largest absolute Gasteiger partial charge is 0.465 e. The molecule has 7 heteroatoms. The van der Waals surface area contributed by atoms with Gasteiger partial charge in [-0.1, -0.05) is 0 Å². The van der Waals surface area contributed by atoms with Gasteiger partial charge in [0, 0.05) is 17.2 Å². The van der Waals surface area contributed by atoms with E-state index in [-0.39, 0.29) is 5.91 Å². The van der Waals surface area contributed by atoms with Gasteiger partial charge in [-0.05, 0) is 26.0 Å². The Morgan fingerprint density at radius 2 is 2.19 bits per heavy atom. The van der Waals surface area contributed by atoms with Crippen LogP contribution in [0.5, 0.6) is 0 Å². The summed E-state index contributed by atoms with van der Waals surface area (Å²) in [4.78, 5) is 28.2. The van der Waals surface area contributed by atoms with Crippen LogP contribution in [0, 0.1) is 13.8 Å². The monoisotopic (exact) mass is 306 g/mol. The Bertz CT molecular complexity index is 700. The molecular formula is C14H14N2O4S. The number of anilines is 1. The van der Waals surface area contributed by atoms with Gasteiger partial charge in [0.05, 0.1) is 7.11 Å². The summed E-state index contributed by atoms with van der Waals surface area (Å²) in [6, 6.07) is 1.53. The topological polar surface area (TPSA) is 81.4 Å². The second kappa shape index (κ2) is 6.36. The molecule has 2 aromatic rings. The summed E-state index contributed by atoms with van der Waals surface area (Å²) in [5.74, 6) is 0.0486. The number of nitrogens with one attached hydrogen (secondary N) is 1. The summed E-state index contributed by atoms with van der Waals surface area (Å²) in [6.07, 6.45) is 4.48. The normalized spacial score (nSPS) is 10.8. The van der Waals surface area contributed by atoms with Crippen LogP contribution in [0.25, 0.3) is 6.08 Å². The standard InChI is InChI=1S/C14H14N2O4S/c1-8-7-15-14(21-8)16-12(17)5-4-10-6-11(9(2)20-10)13(18)19-3/h4-7H,1-3H3,(H,15,16,17)/b5-4+. The maximum Gasteiger partial charge on any atom is 0.341 e. The van der Waals surface area contributed by atoms with Gasteiger partial charge in [0.1, 0.15) is 17.1 Å². The number of hydrogen-bond acceptors (Lipinski definition) is 6. The minimum atomic E-state index is -0.474. The predicted molar refractivity (Wildman–Crippen MR) is 79.3 cm³/mol. The van der Waals surface area contributed by atoms with Crippen LogP contribution < -0.4 is 5.32 Å². The first-order valence-corrected chi connectivity index (χ1v) is 6.91. The van der Waals surface area contributed by atoms with Crippen LogP contribution in [0.2, 0.25) is 0 Å². The summed E-state index contributed by atoms with van der Waals surface area (Å²) in [7, 11) is 1.30. The molecule has 0 atom stereocenters. The van der Waals surface area contributed by atoms with Crippen molar-refractivity contribution in [3.63, 3.8) is 0 Å². The lowest BCUT2D eigenvalue weighted by Gasteiger charge is -1.94. The molecular weight excluding hydrogens is 292 g/mol. The molecule has 0 aliphatic rings. The first kappa shape index (κ1) is 15.0. The lowest BCUT2D eigenvalue weighted by molar-refractivity contribution is -0.111. The lowest BCUT2D eigenvalue weighted by Crippen LogP contribution is -2.06. The van der Waals surface area contributed by atoms with Crippen LogP contribution >= 0.6 is 11.3 Å². The highest BCUT2D eigenvalue weighted by Gasteiger charge is 2.14. The molecule has 0 unspecified atom stereocenters. The Hall–Kier alpha value is -2.41. The highest BCUT2D eigenvalue weighted by molar-refractivity contribution is 7.15. The average Bonchev–Trinajstić information content (AvgIpc) is 3.02. The zero-order chi connectivity index (χ0) is 15.4. The maximum atomic E-state index is 11.7. The highest BCUT2D eigenvalue weighted by atomic mass is 32.1. The predicted octanol–water partition coefficient (Wildman–Crippen LogP) is 2.79. The number of carbonyl (C=O) groups is 2. The Morgan fingerprint density at radius 3 is 2.81 bits per heavy atom. The number of carbonyl (C=O) groups excluding carboxylic acids is 2. The van der Waals surface area contributed by atoms with Crippen molar-refractivity contribution in [3.8, 4) is 0 Å². The maximum absolute atomic E-state index is 11.7. The number of thiazole rings is 1. The fourth-order valence-electron chi connectivity index (χ4n) is 1.62. The van der Waals surface area contributed by atoms with Gasteiger partial charge in [-0.25, -0.2) is 9.78 Å². The molecule has 0 bridgehead atoms. The number of aromatic nitrogens is 1. The minimum Gasteiger partial charge on any atom is -0.465 e. The lowest BCUT2D eigenvalue weighted by atomic mass is 10.2. The molecule has 0 fully saturated rings. The molecule has 0 aliphatic heterocycles. The Balaban J connectivity index is 2.03. The Morgan fingerprint density at radius 1 is 1.43 bits per heavy atom. The third kappa shape index (κ3) is 3.79. The SMILES string of the molecule is COC(=O)c1cc(/C=C/C(=O)Nc2ncc(C)s2)oc1C. The van der Waals surface area contributed by atoms with E-state index in [0.717, 1.165) is 4.88 Å². The molecule has 0 saturated heterocycles. The smallest absolute Gasteiger partial charge is 0.341 e. The Kier molecular flexibility index (Phi) is 4.54. The van der Waals surface area contributed by atoms with Gasteiger partial charge in [-0.2, -0.15) is 0 Å². The summed E-state index contributed by atoms with van der Waals surface area (Å²) in [5, 5.41) is 3.17. The zero-order valence-corrected chi connectivity index (χ0v) is 12.6. The fourth-order valence-corrected chi connectivity index (χ4v) is 2.28. The van der Waals surface area contributed by atoms with Crippen molar-refractivity contribution < 1.29 is 18.7 Å². The van der Waals surface area contributed by atoms with Gasteiger partial charge in [-0.3, -0.25) is 10.1 Å². The third-order valence-corrected chi connectivity index (χ3v) is 3.42. The van der Waals surface area contributed by atoms with Crippen LogP contribution in [-0.4, -0.2) is 24.0 Å². The number of esters is 1. The van der Waals surface area contributed by atoms with E-state index in [4.69, 9.17) is 4.42 Å². The molecule has 110 valence electrons. The van der Waals surface area contributed by atoms with Crippen molar-refractivity contribution in [2.75, 3.05) is 12.4 Å². The molecule has 0 aromatic carbocycles. The number of methoxy groups -OCH3 is 1. The molecule has 0 spiro atoms.